The van der Waals surface area contributed by atoms with Gasteiger partial charge in [-0.15, -0.1) is 0 Å². The van der Waals surface area contributed by atoms with Gasteiger partial charge < -0.3 is 47.7 Å². The average molecular weight is 763 g/mol. The van der Waals surface area contributed by atoms with Gasteiger partial charge in [0.15, 0.2) is 24.3 Å². The number of carbonyl (C=O) groups excluding carboxylic acids is 3. The van der Waals surface area contributed by atoms with Crippen LogP contribution in [-0.2, 0) is 61.8 Å². The first-order valence-corrected chi connectivity index (χ1v) is 17.9. The second-order valence-electron chi connectivity index (χ2n) is 15.1. The van der Waals surface area contributed by atoms with Gasteiger partial charge in [0.2, 0.25) is 0 Å². The lowest BCUT2D eigenvalue weighted by Crippen LogP contribution is -2.51. The molecule has 0 atom stereocenters. The van der Waals surface area contributed by atoms with Crippen LogP contribution in [0.25, 0.3) is 0 Å². The molecule has 14 heteroatoms. The van der Waals surface area contributed by atoms with Gasteiger partial charge in [0.1, 0.15) is 36.1 Å². The molecule has 0 amide bonds. The van der Waals surface area contributed by atoms with Crippen LogP contribution in [0.4, 0.5) is 0 Å². The number of benzene rings is 3. The van der Waals surface area contributed by atoms with Crippen LogP contribution in [-0.4, -0.2) is 88.4 Å². The monoisotopic (exact) mass is 762 g/mol. The summed E-state index contributed by atoms with van der Waals surface area (Å²) in [5, 5.41) is 10.6. The van der Waals surface area contributed by atoms with Crippen molar-refractivity contribution in [2.45, 2.75) is 39.6 Å². The highest BCUT2D eigenvalue weighted by Gasteiger charge is 2.50. The number of carbonyl (C=O) groups is 4. The molecule has 0 radical (unpaired) electrons. The minimum atomic E-state index is -2.22. The van der Waals surface area contributed by atoms with E-state index in [0.717, 1.165) is 16.7 Å². The molecule has 3 heterocycles. The summed E-state index contributed by atoms with van der Waals surface area (Å²) >= 11 is 0. The van der Waals surface area contributed by atoms with Crippen LogP contribution in [0.1, 0.15) is 56.3 Å². The highest BCUT2D eigenvalue weighted by molar-refractivity contribution is 5.81. The van der Waals surface area contributed by atoms with Crippen LogP contribution < -0.4 is 0 Å². The minimum Gasteiger partial charge on any atom is -0.481 e. The van der Waals surface area contributed by atoms with E-state index in [1.165, 1.54) is 0 Å². The summed E-state index contributed by atoms with van der Waals surface area (Å²) in [7, 11) is 0. The van der Waals surface area contributed by atoms with Gasteiger partial charge in [0, 0.05) is 16.7 Å². The number of aliphatic carboxylic acids is 1. The molecule has 3 aromatic rings. The van der Waals surface area contributed by atoms with Crippen molar-refractivity contribution in [3.8, 4) is 0 Å². The molecular weight excluding hydrogens is 716 g/mol. The molecule has 55 heavy (non-hydrogen) atoms. The molecular formula is C41H46O14. The third-order valence-electron chi connectivity index (χ3n) is 9.91. The molecule has 0 spiro atoms. The summed E-state index contributed by atoms with van der Waals surface area (Å²) in [6, 6.07) is 27.6. The zero-order valence-electron chi connectivity index (χ0n) is 31.0. The summed E-state index contributed by atoms with van der Waals surface area (Å²) in [4.78, 5) is 53.7. The van der Waals surface area contributed by atoms with Crippen molar-refractivity contribution in [1.82, 2.24) is 0 Å². The van der Waals surface area contributed by atoms with Crippen LogP contribution in [0.2, 0.25) is 0 Å². The van der Waals surface area contributed by atoms with Crippen molar-refractivity contribution >= 4 is 23.9 Å². The van der Waals surface area contributed by atoms with E-state index in [9.17, 15) is 24.3 Å². The van der Waals surface area contributed by atoms with Gasteiger partial charge in [-0.05, 0) is 20.8 Å². The molecule has 6 rings (SSSR count). The molecule has 1 N–H and O–H groups in total. The van der Waals surface area contributed by atoms with Crippen molar-refractivity contribution in [3.05, 3.63) is 108 Å². The van der Waals surface area contributed by atoms with E-state index in [0.29, 0.717) is 0 Å². The lowest BCUT2D eigenvalue weighted by molar-refractivity contribution is -0.241. The molecule has 3 saturated heterocycles. The van der Waals surface area contributed by atoms with Crippen molar-refractivity contribution in [1.29, 1.82) is 0 Å². The lowest BCUT2D eigenvalue weighted by atomic mass is 9.88. The highest BCUT2D eigenvalue weighted by atomic mass is 16.7. The van der Waals surface area contributed by atoms with Gasteiger partial charge in [0.25, 0.3) is 0 Å². The summed E-state index contributed by atoms with van der Waals surface area (Å²) in [5.41, 5.74) is -3.84. The Labute approximate surface area is 318 Å². The predicted molar refractivity (Wildman–Crippen MR) is 191 cm³/mol. The highest BCUT2D eigenvalue weighted by Crippen LogP contribution is 2.37. The van der Waals surface area contributed by atoms with Crippen molar-refractivity contribution in [3.63, 3.8) is 0 Å². The Morgan fingerprint density at radius 3 is 0.964 bits per heavy atom. The molecule has 0 saturated carbocycles. The summed E-state index contributed by atoms with van der Waals surface area (Å²) in [5.74, 6) is -3.99. The Morgan fingerprint density at radius 1 is 0.509 bits per heavy atom. The first-order chi connectivity index (χ1) is 26.3. The van der Waals surface area contributed by atoms with Crippen molar-refractivity contribution in [2.24, 2.45) is 21.7 Å². The van der Waals surface area contributed by atoms with E-state index in [-0.39, 0.29) is 39.6 Å². The number of ether oxygens (including phenoxy) is 9. The third kappa shape index (κ3) is 9.23. The van der Waals surface area contributed by atoms with E-state index >= 15 is 0 Å². The number of rotatable bonds is 13. The molecule has 3 aliphatic heterocycles. The molecule has 3 fully saturated rings. The first kappa shape index (κ1) is 40.0. The molecule has 3 aromatic carbocycles. The molecule has 0 aromatic heterocycles. The zero-order valence-corrected chi connectivity index (χ0v) is 31.0. The third-order valence-corrected chi connectivity index (χ3v) is 9.91. The SMILES string of the molecule is CC1(C(=O)OCC(COC(=O)C2(C)COC(c3ccccc3)OC2)(COC(=O)C2(C)COC(c3ccccc3)OC2)C(=O)O)COC(c2ccccc2)OC1. The maximum atomic E-state index is 13.5. The van der Waals surface area contributed by atoms with E-state index in [1.54, 1.807) is 20.8 Å². The average Bonchev–Trinajstić information content (AvgIpc) is 3.22. The fourth-order valence-electron chi connectivity index (χ4n) is 6.03. The molecule has 0 bridgehead atoms. The van der Waals surface area contributed by atoms with Crippen molar-refractivity contribution in [2.75, 3.05) is 59.5 Å². The van der Waals surface area contributed by atoms with Crippen LogP contribution in [0.3, 0.4) is 0 Å². The largest absolute Gasteiger partial charge is 0.481 e. The topological polar surface area (TPSA) is 172 Å². The van der Waals surface area contributed by atoms with Crippen LogP contribution in [0.5, 0.6) is 0 Å². The Hall–Kier alpha value is -4.70. The molecule has 0 unspecified atom stereocenters. The number of carboxylic acids is 1. The van der Waals surface area contributed by atoms with E-state index in [1.807, 2.05) is 91.0 Å². The van der Waals surface area contributed by atoms with Gasteiger partial charge in [-0.25, -0.2) is 0 Å². The van der Waals surface area contributed by atoms with E-state index in [2.05, 4.69) is 0 Å². The Bertz CT molecular complexity index is 1560. The molecule has 0 aliphatic carbocycles. The quantitative estimate of drug-likeness (QED) is 0.183. The van der Waals surface area contributed by atoms with Crippen molar-refractivity contribution < 1.29 is 66.9 Å². The van der Waals surface area contributed by atoms with Gasteiger partial charge in [-0.3, -0.25) is 19.2 Å². The van der Waals surface area contributed by atoms with Gasteiger partial charge in [0.05, 0.1) is 39.6 Å². The normalized spacial score (nSPS) is 29.3. The van der Waals surface area contributed by atoms with Gasteiger partial charge in [-0.1, -0.05) is 91.0 Å². The van der Waals surface area contributed by atoms with Crippen LogP contribution in [0.15, 0.2) is 91.0 Å². The fraction of sp³-hybridized carbons (Fsp3) is 0.463. The maximum absolute atomic E-state index is 13.5. The minimum absolute atomic E-state index is 0.0832. The number of esters is 3. The second-order valence-corrected chi connectivity index (χ2v) is 15.1. The van der Waals surface area contributed by atoms with Crippen LogP contribution in [0, 0.1) is 21.7 Å². The Kier molecular flexibility index (Phi) is 12.3. The van der Waals surface area contributed by atoms with Crippen LogP contribution >= 0.6 is 0 Å². The zero-order chi connectivity index (χ0) is 39.1. The smallest absolute Gasteiger partial charge is 0.320 e. The lowest BCUT2D eigenvalue weighted by Gasteiger charge is -2.38. The maximum Gasteiger partial charge on any atom is 0.320 e. The summed E-state index contributed by atoms with van der Waals surface area (Å²) < 4.78 is 51.9. The Morgan fingerprint density at radius 2 is 0.745 bits per heavy atom. The number of hydrogen-bond acceptors (Lipinski definition) is 13. The molecule has 294 valence electrons. The molecule has 3 aliphatic rings. The standard InChI is InChI=1S/C41H46O14/c1-38(19-47-31(48-20-38)28-13-7-4-8-14-28)35(44)53-25-41(34(42)43,26-54-36(45)39(2)21-49-32(50-22-39)29-15-9-5-10-16-29)27-55-37(46)40(3)23-51-33(52-24-40)30-17-11-6-12-18-30/h4-18,31-33H,19-27H2,1-3H3,(H,42,43). The summed E-state index contributed by atoms with van der Waals surface area (Å²) in [6.07, 6.45) is -2.10. The first-order valence-electron chi connectivity index (χ1n) is 17.9. The fourth-order valence-corrected chi connectivity index (χ4v) is 6.03. The number of carboxylic acid groups (broad SMARTS) is 1. The summed E-state index contributed by atoms with van der Waals surface area (Å²) in [6.45, 7) is 1.74. The molecule has 14 nitrogen and oxygen atoms in total. The van der Waals surface area contributed by atoms with Gasteiger partial charge in [-0.2, -0.15) is 0 Å². The predicted octanol–water partition coefficient (Wildman–Crippen LogP) is 4.94. The second kappa shape index (κ2) is 17.0. The van der Waals surface area contributed by atoms with Gasteiger partial charge >= 0.3 is 23.9 Å². The Balaban J connectivity index is 1.12. The van der Waals surface area contributed by atoms with E-state index in [4.69, 9.17) is 42.6 Å². The number of hydrogen-bond donors (Lipinski definition) is 1. The van der Waals surface area contributed by atoms with E-state index < -0.39 is 84.2 Å².